The Morgan fingerprint density at radius 1 is 0.351 bits per heavy atom. The van der Waals surface area contributed by atoms with Crippen LogP contribution in [0.25, 0.3) is 101 Å². The molecular formula is C52H32N4O. The van der Waals surface area contributed by atoms with Gasteiger partial charge in [-0.05, 0) is 69.3 Å². The van der Waals surface area contributed by atoms with Crippen LogP contribution in [0.1, 0.15) is 5.56 Å². The summed E-state index contributed by atoms with van der Waals surface area (Å²) in [5.74, 6) is 1.67. The normalized spacial score (nSPS) is 11.1. The average Bonchev–Trinajstić information content (AvgIpc) is 3.69. The van der Waals surface area contributed by atoms with Crippen molar-refractivity contribution in [2.75, 3.05) is 0 Å². The molecule has 10 aromatic rings. The summed E-state index contributed by atoms with van der Waals surface area (Å²) in [5, 5.41) is 11.9. The van der Waals surface area contributed by atoms with Gasteiger partial charge in [0.1, 0.15) is 11.2 Å². The van der Waals surface area contributed by atoms with Crippen molar-refractivity contribution in [3.05, 3.63) is 200 Å². The van der Waals surface area contributed by atoms with Crippen LogP contribution >= 0.6 is 0 Å². The molecule has 266 valence electrons. The van der Waals surface area contributed by atoms with Gasteiger partial charge in [-0.25, -0.2) is 15.0 Å². The van der Waals surface area contributed by atoms with E-state index in [2.05, 4.69) is 103 Å². The lowest BCUT2D eigenvalue weighted by Gasteiger charge is -2.12. The molecule has 2 aromatic heterocycles. The molecule has 57 heavy (non-hydrogen) atoms. The van der Waals surface area contributed by atoms with E-state index in [4.69, 9.17) is 19.4 Å². The molecule has 10 rings (SSSR count). The van der Waals surface area contributed by atoms with Crippen LogP contribution < -0.4 is 0 Å². The quantitative estimate of drug-likeness (QED) is 0.163. The lowest BCUT2D eigenvalue weighted by Crippen LogP contribution is -2.00. The first-order valence-electron chi connectivity index (χ1n) is 18.8. The molecule has 0 N–H and O–H groups in total. The van der Waals surface area contributed by atoms with Crippen LogP contribution in [0.2, 0.25) is 0 Å². The number of benzene rings is 8. The van der Waals surface area contributed by atoms with Crippen molar-refractivity contribution in [2.45, 2.75) is 0 Å². The standard InChI is InChI=1S/C52H32N4O/c53-33-40-24-13-14-27-42(40)38-25-15-26-39(30-38)43-28-29-44(52-55-50(36-20-9-3-10-21-36)54-51(56-52)37-22-11-4-12-23-37)49-47(43)46-32-41(34-16-5-1-6-17-34)31-45(48(46)57-49)35-18-7-2-8-19-35/h1-32H. The summed E-state index contributed by atoms with van der Waals surface area (Å²) in [6, 6.07) is 68.0. The van der Waals surface area contributed by atoms with E-state index >= 15 is 0 Å². The Bertz CT molecular complexity index is 3060. The van der Waals surface area contributed by atoms with E-state index < -0.39 is 0 Å². The lowest BCUT2D eigenvalue weighted by atomic mass is 9.91. The summed E-state index contributed by atoms with van der Waals surface area (Å²) >= 11 is 0. The molecule has 0 aliphatic heterocycles. The third-order valence-electron chi connectivity index (χ3n) is 10.4. The maximum atomic E-state index is 9.98. The maximum absolute atomic E-state index is 9.98. The van der Waals surface area contributed by atoms with E-state index in [-0.39, 0.29) is 0 Å². The number of nitrogens with zero attached hydrogens (tertiary/aromatic N) is 4. The molecule has 2 heterocycles. The molecule has 5 heteroatoms. The van der Waals surface area contributed by atoms with Crippen molar-refractivity contribution >= 4 is 21.9 Å². The number of rotatable bonds is 7. The zero-order chi connectivity index (χ0) is 38.1. The second-order valence-electron chi connectivity index (χ2n) is 13.9. The number of fused-ring (bicyclic) bond motifs is 3. The van der Waals surface area contributed by atoms with E-state index in [1.807, 2.05) is 97.1 Å². The number of hydrogen-bond donors (Lipinski definition) is 0. The second kappa shape index (κ2) is 14.4. The van der Waals surface area contributed by atoms with Gasteiger partial charge in [-0.3, -0.25) is 0 Å². The Kier molecular flexibility index (Phi) is 8.48. The number of furan rings is 1. The third kappa shape index (κ3) is 6.22. The molecule has 0 amide bonds. The summed E-state index contributed by atoms with van der Waals surface area (Å²) in [6.07, 6.45) is 0. The highest BCUT2D eigenvalue weighted by molar-refractivity contribution is 6.19. The molecule has 0 unspecified atom stereocenters. The van der Waals surface area contributed by atoms with Gasteiger partial charge in [-0.1, -0.05) is 164 Å². The maximum Gasteiger partial charge on any atom is 0.167 e. The predicted octanol–water partition coefficient (Wildman–Crippen LogP) is 13.3. The Morgan fingerprint density at radius 2 is 0.860 bits per heavy atom. The van der Waals surface area contributed by atoms with Gasteiger partial charge in [0.05, 0.1) is 17.2 Å². The highest BCUT2D eigenvalue weighted by Gasteiger charge is 2.23. The Labute approximate surface area is 329 Å². The molecular weight excluding hydrogens is 697 g/mol. The number of nitriles is 1. The van der Waals surface area contributed by atoms with Crippen molar-refractivity contribution in [3.8, 4) is 84.7 Å². The van der Waals surface area contributed by atoms with Crippen LogP contribution in [-0.4, -0.2) is 15.0 Å². The largest absolute Gasteiger partial charge is 0.455 e. The van der Waals surface area contributed by atoms with Crippen molar-refractivity contribution in [1.82, 2.24) is 15.0 Å². The van der Waals surface area contributed by atoms with Gasteiger partial charge >= 0.3 is 0 Å². The molecule has 5 nitrogen and oxygen atoms in total. The van der Waals surface area contributed by atoms with E-state index in [1.54, 1.807) is 0 Å². The zero-order valence-electron chi connectivity index (χ0n) is 30.7. The molecule has 0 saturated heterocycles. The molecule has 0 aliphatic rings. The van der Waals surface area contributed by atoms with Crippen LogP contribution in [0.3, 0.4) is 0 Å². The van der Waals surface area contributed by atoms with Gasteiger partial charge in [0, 0.05) is 27.5 Å². The summed E-state index contributed by atoms with van der Waals surface area (Å²) in [6.45, 7) is 0. The summed E-state index contributed by atoms with van der Waals surface area (Å²) in [5.41, 5.74) is 12.7. The average molecular weight is 729 g/mol. The van der Waals surface area contributed by atoms with E-state index in [9.17, 15) is 5.26 Å². The molecule has 0 radical (unpaired) electrons. The van der Waals surface area contributed by atoms with Gasteiger partial charge in [0.2, 0.25) is 0 Å². The highest BCUT2D eigenvalue weighted by Crippen LogP contribution is 2.46. The van der Waals surface area contributed by atoms with Gasteiger partial charge in [0.25, 0.3) is 0 Å². The van der Waals surface area contributed by atoms with Gasteiger partial charge in [0.15, 0.2) is 17.5 Å². The van der Waals surface area contributed by atoms with Crippen LogP contribution in [-0.2, 0) is 0 Å². The fourth-order valence-corrected chi connectivity index (χ4v) is 7.64. The minimum absolute atomic E-state index is 0.513. The van der Waals surface area contributed by atoms with Crippen molar-refractivity contribution < 1.29 is 4.42 Å². The van der Waals surface area contributed by atoms with Gasteiger partial charge in [-0.15, -0.1) is 0 Å². The Morgan fingerprint density at radius 3 is 1.49 bits per heavy atom. The number of hydrogen-bond acceptors (Lipinski definition) is 5. The number of aromatic nitrogens is 3. The third-order valence-corrected chi connectivity index (χ3v) is 10.4. The fraction of sp³-hybridized carbons (Fsp3) is 0. The topological polar surface area (TPSA) is 75.6 Å². The fourth-order valence-electron chi connectivity index (χ4n) is 7.64. The SMILES string of the molecule is N#Cc1ccccc1-c1cccc(-c2ccc(-c3nc(-c4ccccc4)nc(-c4ccccc4)n3)c3oc4c(-c5ccccc5)cc(-c5ccccc5)cc4c23)c1. The van der Waals surface area contributed by atoms with Crippen LogP contribution in [0.5, 0.6) is 0 Å². The molecule has 0 saturated carbocycles. The zero-order valence-corrected chi connectivity index (χ0v) is 30.7. The first-order valence-corrected chi connectivity index (χ1v) is 18.8. The molecule has 0 spiro atoms. The molecule has 0 atom stereocenters. The molecule has 0 fully saturated rings. The molecule has 0 bridgehead atoms. The van der Waals surface area contributed by atoms with E-state index in [1.165, 1.54) is 0 Å². The first kappa shape index (κ1) is 33.6. The minimum atomic E-state index is 0.513. The summed E-state index contributed by atoms with van der Waals surface area (Å²) in [7, 11) is 0. The van der Waals surface area contributed by atoms with E-state index in [0.29, 0.717) is 28.6 Å². The smallest absolute Gasteiger partial charge is 0.167 e. The van der Waals surface area contributed by atoms with Gasteiger partial charge in [-0.2, -0.15) is 5.26 Å². The van der Waals surface area contributed by atoms with Crippen molar-refractivity contribution in [3.63, 3.8) is 0 Å². The summed E-state index contributed by atoms with van der Waals surface area (Å²) < 4.78 is 7.18. The van der Waals surface area contributed by atoms with Crippen molar-refractivity contribution in [2.24, 2.45) is 0 Å². The second-order valence-corrected chi connectivity index (χ2v) is 13.9. The van der Waals surface area contributed by atoms with Crippen LogP contribution in [0.15, 0.2) is 199 Å². The molecule has 0 aliphatic carbocycles. The van der Waals surface area contributed by atoms with Crippen LogP contribution in [0, 0.1) is 11.3 Å². The van der Waals surface area contributed by atoms with Crippen LogP contribution in [0.4, 0.5) is 0 Å². The van der Waals surface area contributed by atoms with E-state index in [0.717, 1.165) is 77.6 Å². The lowest BCUT2D eigenvalue weighted by molar-refractivity contribution is 0.670. The monoisotopic (exact) mass is 728 g/mol. The molecule has 8 aromatic carbocycles. The highest BCUT2D eigenvalue weighted by atomic mass is 16.3. The van der Waals surface area contributed by atoms with Gasteiger partial charge < -0.3 is 4.42 Å². The Balaban J connectivity index is 1.30. The Hall–Kier alpha value is -7.94. The van der Waals surface area contributed by atoms with Crippen molar-refractivity contribution in [1.29, 1.82) is 5.26 Å². The summed E-state index contributed by atoms with van der Waals surface area (Å²) in [4.78, 5) is 15.2. The minimum Gasteiger partial charge on any atom is -0.455 e. The first-order chi connectivity index (χ1) is 28.2. The predicted molar refractivity (Wildman–Crippen MR) is 230 cm³/mol.